The highest BCUT2D eigenvalue weighted by Gasteiger charge is 2.39. The molecule has 0 amide bonds. The molecule has 2 aliphatic rings. The van der Waals surface area contributed by atoms with Gasteiger partial charge >= 0.3 is 5.97 Å². The maximum absolute atomic E-state index is 10.4. The van der Waals surface area contributed by atoms with Gasteiger partial charge in [0.05, 0.1) is 12.5 Å². The second kappa shape index (κ2) is 3.14. The van der Waals surface area contributed by atoms with Crippen molar-refractivity contribution in [2.24, 2.45) is 17.8 Å². The number of hydrogen-bond donors (Lipinski definition) is 2. The number of carbonyl (C=O) groups is 1. The van der Waals surface area contributed by atoms with Crippen molar-refractivity contribution >= 4 is 5.97 Å². The molecule has 0 heterocycles. The van der Waals surface area contributed by atoms with Crippen LogP contribution in [0, 0.1) is 17.8 Å². The van der Waals surface area contributed by atoms with Gasteiger partial charge in [0, 0.05) is 0 Å². The highest BCUT2D eigenvalue weighted by molar-refractivity contribution is 5.67. The molecule has 4 unspecified atom stereocenters. The lowest BCUT2D eigenvalue weighted by molar-refractivity contribution is -0.140. The Morgan fingerprint density at radius 2 is 2.23 bits per heavy atom. The zero-order valence-electron chi connectivity index (χ0n) is 7.39. The van der Waals surface area contributed by atoms with Crippen molar-refractivity contribution in [2.45, 2.75) is 25.4 Å². The van der Waals surface area contributed by atoms with E-state index in [-0.39, 0.29) is 12.3 Å². The van der Waals surface area contributed by atoms with Crippen LogP contribution in [0.15, 0.2) is 12.2 Å². The van der Waals surface area contributed by atoms with E-state index < -0.39 is 12.1 Å². The number of hydrogen-bond acceptors (Lipinski definition) is 2. The van der Waals surface area contributed by atoms with Gasteiger partial charge in [0.1, 0.15) is 0 Å². The molecule has 1 saturated carbocycles. The van der Waals surface area contributed by atoms with Crippen LogP contribution in [0.2, 0.25) is 0 Å². The molecule has 13 heavy (non-hydrogen) atoms. The Bertz CT molecular complexity index is 247. The molecule has 0 aromatic rings. The van der Waals surface area contributed by atoms with E-state index >= 15 is 0 Å². The molecule has 2 bridgehead atoms. The van der Waals surface area contributed by atoms with Crippen molar-refractivity contribution < 1.29 is 15.0 Å². The predicted octanol–water partition coefficient (Wildman–Crippen LogP) is 1.03. The zero-order valence-corrected chi connectivity index (χ0v) is 7.39. The van der Waals surface area contributed by atoms with E-state index in [1.165, 1.54) is 0 Å². The van der Waals surface area contributed by atoms with Gasteiger partial charge in [0.25, 0.3) is 0 Å². The van der Waals surface area contributed by atoms with E-state index in [4.69, 9.17) is 5.11 Å². The van der Waals surface area contributed by atoms with Gasteiger partial charge in [0.2, 0.25) is 0 Å². The lowest BCUT2D eigenvalue weighted by atomic mass is 9.87. The van der Waals surface area contributed by atoms with E-state index in [0.717, 1.165) is 12.8 Å². The molecule has 0 spiro atoms. The molecule has 72 valence electrons. The molecule has 2 aliphatic carbocycles. The average molecular weight is 182 g/mol. The van der Waals surface area contributed by atoms with Crippen molar-refractivity contribution in [3.63, 3.8) is 0 Å². The molecule has 0 aromatic carbocycles. The predicted molar refractivity (Wildman–Crippen MR) is 47.1 cm³/mol. The fourth-order valence-electron chi connectivity index (χ4n) is 2.60. The van der Waals surface area contributed by atoms with Gasteiger partial charge in [-0.15, -0.1) is 0 Å². The van der Waals surface area contributed by atoms with E-state index in [1.54, 1.807) is 0 Å². The highest BCUT2D eigenvalue weighted by Crippen LogP contribution is 2.45. The highest BCUT2D eigenvalue weighted by atomic mass is 16.4. The number of rotatable bonds is 3. The van der Waals surface area contributed by atoms with Crippen LogP contribution in [0.4, 0.5) is 0 Å². The lowest BCUT2D eigenvalue weighted by Crippen LogP contribution is -2.26. The van der Waals surface area contributed by atoms with Crippen molar-refractivity contribution in [1.82, 2.24) is 0 Å². The molecule has 0 radical (unpaired) electrons. The minimum Gasteiger partial charge on any atom is -0.481 e. The largest absolute Gasteiger partial charge is 0.481 e. The maximum Gasteiger partial charge on any atom is 0.305 e. The first-order valence-corrected chi connectivity index (χ1v) is 4.75. The van der Waals surface area contributed by atoms with Gasteiger partial charge in [0.15, 0.2) is 0 Å². The fraction of sp³-hybridized carbons (Fsp3) is 0.700. The van der Waals surface area contributed by atoms with Crippen LogP contribution in [0.25, 0.3) is 0 Å². The number of carboxylic acids is 1. The minimum absolute atomic E-state index is 0.109. The van der Waals surface area contributed by atoms with Crippen molar-refractivity contribution in [2.75, 3.05) is 0 Å². The third-order valence-corrected chi connectivity index (χ3v) is 3.21. The van der Waals surface area contributed by atoms with Gasteiger partial charge in [-0.1, -0.05) is 12.2 Å². The second-order valence-corrected chi connectivity index (χ2v) is 4.11. The average Bonchev–Trinajstić information content (AvgIpc) is 2.62. The first kappa shape index (κ1) is 8.75. The summed E-state index contributed by atoms with van der Waals surface area (Å²) in [5.41, 5.74) is 0. The number of aliphatic carboxylic acids is 1. The van der Waals surface area contributed by atoms with Crippen molar-refractivity contribution in [1.29, 1.82) is 0 Å². The smallest absolute Gasteiger partial charge is 0.305 e. The van der Waals surface area contributed by atoms with Gasteiger partial charge in [-0.2, -0.15) is 0 Å². The SMILES string of the molecule is O=C(O)CC(O)C1CC2C=CC1C2. The minimum atomic E-state index is -0.903. The van der Waals surface area contributed by atoms with E-state index in [1.807, 2.05) is 0 Å². The maximum atomic E-state index is 10.4. The molecular formula is C10H14O3. The van der Waals surface area contributed by atoms with Gasteiger partial charge in [-0.3, -0.25) is 4.79 Å². The van der Waals surface area contributed by atoms with E-state index in [2.05, 4.69) is 12.2 Å². The summed E-state index contributed by atoms with van der Waals surface area (Å²) in [7, 11) is 0. The first-order valence-electron chi connectivity index (χ1n) is 4.75. The number of fused-ring (bicyclic) bond motifs is 2. The molecule has 0 saturated heterocycles. The summed E-state index contributed by atoms with van der Waals surface area (Å²) >= 11 is 0. The quantitative estimate of drug-likeness (QED) is 0.641. The fourth-order valence-corrected chi connectivity index (χ4v) is 2.60. The molecule has 2 rings (SSSR count). The Morgan fingerprint density at radius 1 is 1.46 bits per heavy atom. The van der Waals surface area contributed by atoms with Gasteiger partial charge in [-0.25, -0.2) is 0 Å². The van der Waals surface area contributed by atoms with Crippen LogP contribution >= 0.6 is 0 Å². The summed E-state index contributed by atoms with van der Waals surface area (Å²) in [5.74, 6) is 0.308. The lowest BCUT2D eigenvalue weighted by Gasteiger charge is -2.22. The number of allylic oxidation sites excluding steroid dienone is 2. The molecule has 2 N–H and O–H groups in total. The second-order valence-electron chi connectivity index (χ2n) is 4.11. The molecule has 1 fully saturated rings. The Kier molecular flexibility index (Phi) is 2.12. The van der Waals surface area contributed by atoms with Crippen LogP contribution in [0.1, 0.15) is 19.3 Å². The van der Waals surface area contributed by atoms with E-state index in [9.17, 15) is 9.90 Å². The Balaban J connectivity index is 1.95. The Hall–Kier alpha value is -0.830. The first-order chi connectivity index (χ1) is 6.16. The van der Waals surface area contributed by atoms with Crippen LogP contribution in [-0.4, -0.2) is 22.3 Å². The normalized spacial score (nSPS) is 38.1. The topological polar surface area (TPSA) is 57.5 Å². The number of carboxylic acid groups (broad SMARTS) is 1. The third-order valence-electron chi connectivity index (χ3n) is 3.21. The number of aliphatic hydroxyl groups is 1. The molecule has 4 atom stereocenters. The Morgan fingerprint density at radius 3 is 2.69 bits per heavy atom. The van der Waals surface area contributed by atoms with Crippen LogP contribution in [0.3, 0.4) is 0 Å². The zero-order chi connectivity index (χ0) is 9.42. The Labute approximate surface area is 77.1 Å². The summed E-state index contributed by atoms with van der Waals surface area (Å²) in [5, 5.41) is 18.2. The standard InChI is InChI=1S/C10H14O3/c11-9(5-10(12)13)8-4-6-1-2-7(8)3-6/h1-2,6-9,11H,3-5H2,(H,12,13). The summed E-state index contributed by atoms with van der Waals surface area (Å²) in [6, 6.07) is 0. The van der Waals surface area contributed by atoms with Gasteiger partial charge in [-0.05, 0) is 30.6 Å². The van der Waals surface area contributed by atoms with Crippen molar-refractivity contribution in [3.05, 3.63) is 12.2 Å². The van der Waals surface area contributed by atoms with E-state index in [0.29, 0.717) is 11.8 Å². The molecule has 3 heteroatoms. The molecule has 3 nitrogen and oxygen atoms in total. The summed E-state index contributed by atoms with van der Waals surface area (Å²) in [4.78, 5) is 10.4. The van der Waals surface area contributed by atoms with Gasteiger partial charge < -0.3 is 10.2 Å². The van der Waals surface area contributed by atoms with Crippen LogP contribution < -0.4 is 0 Å². The molecule has 0 aromatic heterocycles. The third kappa shape index (κ3) is 1.61. The van der Waals surface area contributed by atoms with Crippen LogP contribution in [0.5, 0.6) is 0 Å². The molecule has 0 aliphatic heterocycles. The summed E-state index contributed by atoms with van der Waals surface area (Å²) < 4.78 is 0. The summed E-state index contributed by atoms with van der Waals surface area (Å²) in [6.07, 6.45) is 5.63. The molecular weight excluding hydrogens is 168 g/mol. The number of aliphatic hydroxyl groups excluding tert-OH is 1. The summed E-state index contributed by atoms with van der Waals surface area (Å²) in [6.45, 7) is 0. The monoisotopic (exact) mass is 182 g/mol. The van der Waals surface area contributed by atoms with Crippen molar-refractivity contribution in [3.8, 4) is 0 Å². The van der Waals surface area contributed by atoms with Crippen LogP contribution in [-0.2, 0) is 4.79 Å².